The van der Waals surface area contributed by atoms with Crippen LogP contribution >= 0.6 is 11.8 Å². The van der Waals surface area contributed by atoms with Gasteiger partial charge in [0.25, 0.3) is 0 Å². The second-order valence-electron chi connectivity index (χ2n) is 3.75. The molecule has 1 rings (SSSR count). The van der Waals surface area contributed by atoms with Crippen LogP contribution < -0.4 is 5.32 Å². The Morgan fingerprint density at radius 2 is 1.94 bits per heavy atom. The number of benzene rings is 1. The topological polar surface area (TPSA) is 12.0 Å². The van der Waals surface area contributed by atoms with Gasteiger partial charge in [0.2, 0.25) is 0 Å². The Bertz CT molecular complexity index is 344. The normalized spacial score (nSPS) is 14.8. The molecule has 0 saturated carbocycles. The maximum absolute atomic E-state index is 13.0. The summed E-state index contributed by atoms with van der Waals surface area (Å²) in [5.41, 5.74) is 0. The zero-order valence-corrected chi connectivity index (χ0v) is 10.6. The third kappa shape index (κ3) is 3.76. The van der Waals surface area contributed by atoms with E-state index in [1.54, 1.807) is 17.8 Å². The lowest BCUT2D eigenvalue weighted by Crippen LogP contribution is -2.33. The first-order chi connectivity index (χ1) is 7.54. The molecule has 1 N–H and O–H groups in total. The molecule has 0 bridgehead atoms. The Labute approximate surface area is 99.6 Å². The van der Waals surface area contributed by atoms with Crippen molar-refractivity contribution >= 4 is 11.8 Å². The van der Waals surface area contributed by atoms with E-state index in [1.165, 1.54) is 12.1 Å². The molecular weight excluding hydrogens is 228 g/mol. The smallest absolute Gasteiger partial charge is 0.159 e. The van der Waals surface area contributed by atoms with Gasteiger partial charge in [-0.05, 0) is 31.7 Å². The Hall–Kier alpha value is -0.610. The quantitative estimate of drug-likeness (QED) is 0.797. The van der Waals surface area contributed by atoms with Crippen LogP contribution in [0.4, 0.5) is 8.78 Å². The van der Waals surface area contributed by atoms with E-state index < -0.39 is 11.6 Å². The number of hydrogen-bond acceptors (Lipinski definition) is 2. The Balaban J connectivity index is 2.62. The van der Waals surface area contributed by atoms with Gasteiger partial charge in [0.15, 0.2) is 11.6 Å². The van der Waals surface area contributed by atoms with Crippen molar-refractivity contribution < 1.29 is 8.78 Å². The van der Waals surface area contributed by atoms with Gasteiger partial charge in [-0.25, -0.2) is 8.78 Å². The van der Waals surface area contributed by atoms with E-state index in [1.807, 2.05) is 6.92 Å². The molecule has 1 nitrogen and oxygen atoms in total. The van der Waals surface area contributed by atoms with Crippen molar-refractivity contribution in [2.45, 2.75) is 37.0 Å². The number of thioether (sulfide) groups is 1. The molecule has 0 radical (unpaired) electrons. The van der Waals surface area contributed by atoms with Crippen molar-refractivity contribution in [1.29, 1.82) is 0 Å². The predicted molar refractivity (Wildman–Crippen MR) is 64.8 cm³/mol. The Kier molecular flexibility index (Phi) is 5.22. The third-order valence-corrected chi connectivity index (χ3v) is 3.75. The molecule has 0 aliphatic rings. The zero-order valence-electron chi connectivity index (χ0n) is 9.76. The molecule has 0 aromatic heterocycles. The largest absolute Gasteiger partial charge is 0.313 e. The summed E-state index contributed by atoms with van der Waals surface area (Å²) in [6.07, 6.45) is 0. The maximum atomic E-state index is 13.0. The number of nitrogens with one attached hydrogen (secondary N) is 1. The number of halogens is 2. The van der Waals surface area contributed by atoms with Gasteiger partial charge in [-0.15, -0.1) is 11.8 Å². The summed E-state index contributed by atoms with van der Waals surface area (Å²) in [4.78, 5) is 0.760. The van der Waals surface area contributed by atoms with Gasteiger partial charge < -0.3 is 5.32 Å². The van der Waals surface area contributed by atoms with E-state index in [-0.39, 0.29) is 0 Å². The number of rotatable bonds is 5. The van der Waals surface area contributed by atoms with E-state index in [0.717, 1.165) is 11.4 Å². The van der Waals surface area contributed by atoms with Crippen LogP contribution in [0.25, 0.3) is 0 Å². The maximum Gasteiger partial charge on any atom is 0.159 e. The van der Waals surface area contributed by atoms with Crippen LogP contribution in [0.5, 0.6) is 0 Å². The molecule has 2 atom stereocenters. The summed E-state index contributed by atoms with van der Waals surface area (Å²) in [5, 5.41) is 3.61. The summed E-state index contributed by atoms with van der Waals surface area (Å²) in [6.45, 7) is 7.11. The minimum Gasteiger partial charge on any atom is -0.313 e. The number of hydrogen-bond donors (Lipinski definition) is 1. The van der Waals surface area contributed by atoms with Gasteiger partial charge in [0.05, 0.1) is 0 Å². The van der Waals surface area contributed by atoms with Crippen LogP contribution in [0.2, 0.25) is 0 Å². The van der Waals surface area contributed by atoms with Crippen molar-refractivity contribution in [3.63, 3.8) is 0 Å². The minimum absolute atomic E-state index is 0.310. The fourth-order valence-electron chi connectivity index (χ4n) is 1.35. The van der Waals surface area contributed by atoms with E-state index in [0.29, 0.717) is 11.3 Å². The first kappa shape index (κ1) is 13.5. The van der Waals surface area contributed by atoms with Gasteiger partial charge in [-0.1, -0.05) is 13.8 Å². The molecule has 0 saturated heterocycles. The molecular formula is C12H17F2NS. The van der Waals surface area contributed by atoms with Gasteiger partial charge in [-0.2, -0.15) is 0 Å². The summed E-state index contributed by atoms with van der Waals surface area (Å²) < 4.78 is 25.7. The zero-order chi connectivity index (χ0) is 12.1. The highest BCUT2D eigenvalue weighted by molar-refractivity contribution is 8.00. The fraction of sp³-hybridized carbons (Fsp3) is 0.500. The molecule has 1 aromatic rings. The molecule has 2 unspecified atom stereocenters. The molecule has 0 aliphatic heterocycles. The standard InChI is InChI=1S/C12H17F2NS/c1-4-15-8(2)9(3)16-10-5-6-11(13)12(14)7-10/h5-9,15H,4H2,1-3H3. The molecule has 1 aromatic carbocycles. The third-order valence-electron chi connectivity index (χ3n) is 2.44. The highest BCUT2D eigenvalue weighted by Crippen LogP contribution is 2.26. The summed E-state index contributed by atoms with van der Waals surface area (Å²) in [6, 6.07) is 4.36. The molecule has 16 heavy (non-hydrogen) atoms. The lowest BCUT2D eigenvalue weighted by molar-refractivity contribution is 0.505. The van der Waals surface area contributed by atoms with Gasteiger partial charge in [0.1, 0.15) is 0 Å². The highest BCUT2D eigenvalue weighted by atomic mass is 32.2. The molecule has 0 spiro atoms. The molecule has 0 fully saturated rings. The lowest BCUT2D eigenvalue weighted by Gasteiger charge is -2.20. The lowest BCUT2D eigenvalue weighted by atomic mass is 10.2. The van der Waals surface area contributed by atoms with Crippen LogP contribution in [0, 0.1) is 11.6 Å². The molecule has 0 amide bonds. The van der Waals surface area contributed by atoms with Crippen LogP contribution in [0.15, 0.2) is 23.1 Å². The van der Waals surface area contributed by atoms with Gasteiger partial charge in [-0.3, -0.25) is 0 Å². The Morgan fingerprint density at radius 3 is 2.50 bits per heavy atom. The first-order valence-electron chi connectivity index (χ1n) is 5.39. The van der Waals surface area contributed by atoms with Gasteiger partial charge in [0, 0.05) is 16.2 Å². The Morgan fingerprint density at radius 1 is 1.25 bits per heavy atom. The highest BCUT2D eigenvalue weighted by Gasteiger charge is 2.13. The first-order valence-corrected chi connectivity index (χ1v) is 6.27. The fourth-order valence-corrected chi connectivity index (χ4v) is 2.40. The van der Waals surface area contributed by atoms with Crippen molar-refractivity contribution in [2.75, 3.05) is 6.54 Å². The van der Waals surface area contributed by atoms with Crippen LogP contribution in [0.1, 0.15) is 20.8 Å². The van der Waals surface area contributed by atoms with Crippen LogP contribution in [0.3, 0.4) is 0 Å². The summed E-state index contributed by atoms with van der Waals surface area (Å²) >= 11 is 1.55. The monoisotopic (exact) mass is 245 g/mol. The predicted octanol–water partition coefficient (Wildman–Crippen LogP) is 3.44. The second kappa shape index (κ2) is 6.21. The average Bonchev–Trinajstić information content (AvgIpc) is 2.24. The molecule has 4 heteroatoms. The van der Waals surface area contributed by atoms with Crippen molar-refractivity contribution in [2.24, 2.45) is 0 Å². The van der Waals surface area contributed by atoms with Crippen molar-refractivity contribution in [1.82, 2.24) is 5.32 Å². The minimum atomic E-state index is -0.795. The van der Waals surface area contributed by atoms with E-state index in [9.17, 15) is 8.78 Å². The molecule has 90 valence electrons. The second-order valence-corrected chi connectivity index (χ2v) is 5.20. The van der Waals surface area contributed by atoms with E-state index >= 15 is 0 Å². The average molecular weight is 245 g/mol. The van der Waals surface area contributed by atoms with E-state index in [2.05, 4.69) is 19.2 Å². The van der Waals surface area contributed by atoms with Crippen molar-refractivity contribution in [3.8, 4) is 0 Å². The van der Waals surface area contributed by atoms with Crippen LogP contribution in [-0.4, -0.2) is 17.8 Å². The summed E-state index contributed by atoms with van der Waals surface area (Å²) in [5.74, 6) is -1.58. The molecule has 0 aliphatic carbocycles. The van der Waals surface area contributed by atoms with Gasteiger partial charge >= 0.3 is 0 Å². The SMILES string of the molecule is CCNC(C)C(C)Sc1ccc(F)c(F)c1. The molecule has 0 heterocycles. The van der Waals surface area contributed by atoms with E-state index in [4.69, 9.17) is 0 Å². The van der Waals surface area contributed by atoms with Crippen molar-refractivity contribution in [3.05, 3.63) is 29.8 Å². The van der Waals surface area contributed by atoms with Crippen LogP contribution in [-0.2, 0) is 0 Å². The summed E-state index contributed by atoms with van der Waals surface area (Å²) in [7, 11) is 0.